The smallest absolute Gasteiger partial charge is 0.141 e. The van der Waals surface area contributed by atoms with Crippen LogP contribution in [0.15, 0.2) is 42.9 Å². The van der Waals surface area contributed by atoms with Crippen LogP contribution in [0, 0.1) is 5.82 Å². The molecule has 0 amide bonds. The number of aromatic nitrogens is 1. The van der Waals surface area contributed by atoms with Crippen molar-refractivity contribution in [1.82, 2.24) is 15.2 Å². The summed E-state index contributed by atoms with van der Waals surface area (Å²) in [6.45, 7) is 9.30. The third kappa shape index (κ3) is 4.23. The molecule has 4 nitrogen and oxygen atoms in total. The first kappa shape index (κ1) is 17.5. The summed E-state index contributed by atoms with van der Waals surface area (Å²) in [5.41, 5.74) is 3.48. The van der Waals surface area contributed by atoms with E-state index in [-0.39, 0.29) is 5.02 Å². The number of rotatable bonds is 6. The van der Waals surface area contributed by atoms with Crippen LogP contribution in [0.25, 0.3) is 0 Å². The normalized spacial score (nSPS) is 13.3. The van der Waals surface area contributed by atoms with E-state index < -0.39 is 5.82 Å². The van der Waals surface area contributed by atoms with Gasteiger partial charge in [0.1, 0.15) is 11.6 Å². The van der Waals surface area contributed by atoms with Gasteiger partial charge in [0.2, 0.25) is 0 Å². The van der Waals surface area contributed by atoms with Crippen molar-refractivity contribution in [3.63, 3.8) is 0 Å². The molecular weight excluding hydrogens is 339 g/mol. The first-order valence-corrected chi connectivity index (χ1v) is 8.78. The van der Waals surface area contributed by atoms with E-state index in [9.17, 15) is 4.39 Å². The minimum Gasteiger partial charge on any atom is -0.370 e. The number of fused-ring (bicyclic) bond motifs is 1. The van der Waals surface area contributed by atoms with Crippen LogP contribution < -0.4 is 10.6 Å². The van der Waals surface area contributed by atoms with E-state index in [2.05, 4.69) is 40.1 Å². The van der Waals surface area contributed by atoms with Gasteiger partial charge in [-0.2, -0.15) is 0 Å². The van der Waals surface area contributed by atoms with Crippen LogP contribution in [0.1, 0.15) is 23.6 Å². The lowest BCUT2D eigenvalue weighted by molar-refractivity contribution is 0.299. The summed E-state index contributed by atoms with van der Waals surface area (Å²) in [6.07, 6.45) is 2.90. The Kier molecular flexibility index (Phi) is 5.43. The van der Waals surface area contributed by atoms with E-state index in [4.69, 9.17) is 11.6 Å². The maximum atomic E-state index is 13.2. The summed E-state index contributed by atoms with van der Waals surface area (Å²) in [5, 5.41) is 6.69. The molecule has 0 spiro atoms. The van der Waals surface area contributed by atoms with Crippen molar-refractivity contribution in [3.05, 3.63) is 70.4 Å². The van der Waals surface area contributed by atoms with E-state index in [1.165, 1.54) is 17.2 Å². The fourth-order valence-electron chi connectivity index (χ4n) is 2.91. The zero-order valence-corrected chi connectivity index (χ0v) is 15.0. The second-order valence-corrected chi connectivity index (χ2v) is 6.50. The highest BCUT2D eigenvalue weighted by Gasteiger charge is 2.18. The molecule has 0 saturated carbocycles. The number of nitrogens with zero attached hydrogens (tertiary/aromatic N) is 2. The summed E-state index contributed by atoms with van der Waals surface area (Å²) >= 11 is 5.83. The lowest BCUT2D eigenvalue weighted by Gasteiger charge is -2.32. The molecule has 0 saturated heterocycles. The standard InChI is InChI=1S/C19H22ClFN4/c1-3-22-19-9-16-12-25(7-6-15(16)11-24-19)13(2)23-10-14-4-5-18(21)17(20)8-14/h4-5,8-9,11,23H,2-3,6-7,10,12H2,1H3,(H,22,24). The predicted molar refractivity (Wildman–Crippen MR) is 99.9 cm³/mol. The Hall–Kier alpha value is -2.27. The molecule has 0 aliphatic carbocycles. The molecule has 3 rings (SSSR count). The molecule has 0 fully saturated rings. The Morgan fingerprint density at radius 2 is 2.20 bits per heavy atom. The molecule has 1 aliphatic rings. The molecule has 2 N–H and O–H groups in total. The number of benzene rings is 1. The van der Waals surface area contributed by atoms with E-state index in [0.717, 1.165) is 43.3 Å². The molecule has 2 aromatic rings. The number of hydrogen-bond acceptors (Lipinski definition) is 4. The Labute approximate surface area is 152 Å². The predicted octanol–water partition coefficient (Wildman–Crippen LogP) is 3.93. The van der Waals surface area contributed by atoms with E-state index in [0.29, 0.717) is 6.54 Å². The first-order chi connectivity index (χ1) is 12.1. The van der Waals surface area contributed by atoms with Crippen LogP contribution in [-0.2, 0) is 19.5 Å². The second kappa shape index (κ2) is 7.74. The largest absolute Gasteiger partial charge is 0.370 e. The van der Waals surface area contributed by atoms with Gasteiger partial charge in [0, 0.05) is 32.4 Å². The molecule has 0 unspecified atom stereocenters. The van der Waals surface area contributed by atoms with Crippen LogP contribution in [0.5, 0.6) is 0 Å². The zero-order chi connectivity index (χ0) is 17.8. The van der Waals surface area contributed by atoms with Crippen LogP contribution in [0.4, 0.5) is 10.2 Å². The highest BCUT2D eigenvalue weighted by molar-refractivity contribution is 6.30. The summed E-state index contributed by atoms with van der Waals surface area (Å²) in [5.74, 6) is 1.36. The molecule has 1 aromatic heterocycles. The minimum atomic E-state index is -0.401. The molecule has 1 aliphatic heterocycles. The average Bonchev–Trinajstić information content (AvgIpc) is 2.62. The van der Waals surface area contributed by atoms with Crippen molar-refractivity contribution in [2.24, 2.45) is 0 Å². The maximum absolute atomic E-state index is 13.2. The van der Waals surface area contributed by atoms with E-state index >= 15 is 0 Å². The van der Waals surface area contributed by atoms with Crippen LogP contribution in [0.2, 0.25) is 5.02 Å². The van der Waals surface area contributed by atoms with Gasteiger partial charge in [-0.15, -0.1) is 0 Å². The van der Waals surface area contributed by atoms with Crippen molar-refractivity contribution in [2.75, 3.05) is 18.4 Å². The maximum Gasteiger partial charge on any atom is 0.141 e. The molecule has 0 atom stereocenters. The van der Waals surface area contributed by atoms with E-state index in [1.807, 2.05) is 6.20 Å². The topological polar surface area (TPSA) is 40.2 Å². The van der Waals surface area contributed by atoms with Gasteiger partial charge in [0.15, 0.2) is 0 Å². The number of anilines is 1. The molecule has 132 valence electrons. The van der Waals surface area contributed by atoms with Crippen molar-refractivity contribution in [1.29, 1.82) is 0 Å². The monoisotopic (exact) mass is 360 g/mol. The van der Waals surface area contributed by atoms with Crippen molar-refractivity contribution >= 4 is 17.4 Å². The van der Waals surface area contributed by atoms with Crippen molar-refractivity contribution in [3.8, 4) is 0 Å². The molecule has 0 radical (unpaired) electrons. The number of halogens is 2. The third-order valence-electron chi connectivity index (χ3n) is 4.32. The zero-order valence-electron chi connectivity index (χ0n) is 14.3. The van der Waals surface area contributed by atoms with Gasteiger partial charge in [-0.1, -0.05) is 24.2 Å². The van der Waals surface area contributed by atoms with Crippen LogP contribution in [0.3, 0.4) is 0 Å². The quantitative estimate of drug-likeness (QED) is 0.819. The lowest BCUT2D eigenvalue weighted by Crippen LogP contribution is -2.35. The Balaban J connectivity index is 1.61. The number of nitrogens with one attached hydrogen (secondary N) is 2. The molecule has 25 heavy (non-hydrogen) atoms. The molecule has 1 aromatic carbocycles. The van der Waals surface area contributed by atoms with Gasteiger partial charge in [-0.25, -0.2) is 9.37 Å². The minimum absolute atomic E-state index is 0.139. The molecule has 6 heteroatoms. The summed E-state index contributed by atoms with van der Waals surface area (Å²) in [4.78, 5) is 6.64. The van der Waals surface area contributed by atoms with Gasteiger partial charge in [0.05, 0.1) is 10.8 Å². The summed E-state index contributed by atoms with van der Waals surface area (Å²) < 4.78 is 13.2. The van der Waals surface area contributed by atoms with Crippen LogP contribution >= 0.6 is 11.6 Å². The highest BCUT2D eigenvalue weighted by atomic mass is 35.5. The second-order valence-electron chi connectivity index (χ2n) is 6.09. The number of pyridine rings is 1. The third-order valence-corrected chi connectivity index (χ3v) is 4.60. The van der Waals surface area contributed by atoms with Gasteiger partial charge in [0.25, 0.3) is 0 Å². The Morgan fingerprint density at radius 1 is 1.36 bits per heavy atom. The SMILES string of the molecule is C=C(NCc1ccc(F)c(Cl)c1)N1CCc2cnc(NCC)cc2C1. The van der Waals surface area contributed by atoms with Gasteiger partial charge < -0.3 is 15.5 Å². The Bertz CT molecular complexity index is 778. The summed E-state index contributed by atoms with van der Waals surface area (Å²) in [6, 6.07) is 6.85. The van der Waals surface area contributed by atoms with Gasteiger partial charge in [-0.05, 0) is 48.2 Å². The van der Waals surface area contributed by atoms with Crippen molar-refractivity contribution < 1.29 is 4.39 Å². The first-order valence-electron chi connectivity index (χ1n) is 8.40. The molecular formula is C19H22ClFN4. The fraction of sp³-hybridized carbons (Fsp3) is 0.316. The molecule has 2 heterocycles. The van der Waals surface area contributed by atoms with E-state index in [1.54, 1.807) is 12.1 Å². The van der Waals surface area contributed by atoms with Crippen molar-refractivity contribution in [2.45, 2.75) is 26.4 Å². The molecule has 0 bridgehead atoms. The Morgan fingerprint density at radius 3 is 2.96 bits per heavy atom. The highest BCUT2D eigenvalue weighted by Crippen LogP contribution is 2.23. The van der Waals surface area contributed by atoms with Crippen LogP contribution in [-0.4, -0.2) is 23.0 Å². The number of hydrogen-bond donors (Lipinski definition) is 2. The van der Waals surface area contributed by atoms with Gasteiger partial charge in [-0.3, -0.25) is 0 Å². The van der Waals surface area contributed by atoms with Gasteiger partial charge >= 0.3 is 0 Å². The fourth-order valence-corrected chi connectivity index (χ4v) is 3.11. The summed E-state index contributed by atoms with van der Waals surface area (Å²) in [7, 11) is 0. The average molecular weight is 361 g/mol. The lowest BCUT2D eigenvalue weighted by atomic mass is 10.0.